The van der Waals surface area contributed by atoms with Crippen molar-refractivity contribution in [1.29, 1.82) is 0 Å². The Hall–Kier alpha value is -1.88. The van der Waals surface area contributed by atoms with Crippen molar-refractivity contribution in [3.05, 3.63) is 24.5 Å². The number of aromatic amines is 1. The number of rotatable bonds is 2. The van der Waals surface area contributed by atoms with Gasteiger partial charge in [0, 0.05) is 11.6 Å². The molecule has 0 aliphatic rings. The number of fused-ring (bicyclic) bond motifs is 1. The molecule has 5 nitrogen and oxygen atoms in total. The molecule has 14 heavy (non-hydrogen) atoms. The van der Waals surface area contributed by atoms with Crippen LogP contribution >= 0.6 is 0 Å². The molecule has 2 heterocycles. The average molecular weight is 191 g/mol. The van der Waals surface area contributed by atoms with E-state index >= 15 is 0 Å². The molecule has 0 spiro atoms. The number of carbonyl (C=O) groups is 1. The number of aromatic nitrogens is 2. The second kappa shape index (κ2) is 3.47. The van der Waals surface area contributed by atoms with Gasteiger partial charge in [0.25, 0.3) is 0 Å². The van der Waals surface area contributed by atoms with Gasteiger partial charge in [-0.1, -0.05) is 0 Å². The lowest BCUT2D eigenvalue weighted by Crippen LogP contribution is -2.15. The second-order valence-electron chi connectivity index (χ2n) is 2.85. The molecule has 0 unspecified atom stereocenters. The Balaban J connectivity index is 2.30. The monoisotopic (exact) mass is 191 g/mol. The molecule has 0 aliphatic carbocycles. The summed E-state index contributed by atoms with van der Waals surface area (Å²) in [6, 6.07) is 3.64. The minimum Gasteiger partial charge on any atom is -0.387 e. The van der Waals surface area contributed by atoms with Crippen LogP contribution in [0.4, 0.5) is 5.69 Å². The first-order valence-electron chi connectivity index (χ1n) is 4.13. The van der Waals surface area contributed by atoms with Gasteiger partial charge in [0.1, 0.15) is 12.3 Å². The molecule has 1 amide bonds. The zero-order chi connectivity index (χ0) is 9.97. The summed E-state index contributed by atoms with van der Waals surface area (Å²) < 4.78 is 0. The van der Waals surface area contributed by atoms with E-state index in [1.165, 1.54) is 6.20 Å². The number of anilines is 1. The highest BCUT2D eigenvalue weighted by Gasteiger charge is 2.01. The van der Waals surface area contributed by atoms with E-state index in [9.17, 15) is 4.79 Å². The van der Waals surface area contributed by atoms with Gasteiger partial charge in [0.15, 0.2) is 0 Å². The molecule has 0 atom stereocenters. The lowest BCUT2D eigenvalue weighted by atomic mass is 10.3. The topological polar surface area (TPSA) is 78.0 Å². The van der Waals surface area contributed by atoms with E-state index in [-0.39, 0.29) is 0 Å². The van der Waals surface area contributed by atoms with Crippen molar-refractivity contribution in [3.63, 3.8) is 0 Å². The van der Waals surface area contributed by atoms with Gasteiger partial charge in [-0.3, -0.25) is 4.79 Å². The maximum atomic E-state index is 10.9. The molecule has 3 N–H and O–H groups in total. The van der Waals surface area contributed by atoms with Crippen molar-refractivity contribution in [2.75, 3.05) is 11.9 Å². The summed E-state index contributed by atoms with van der Waals surface area (Å²) in [5.41, 5.74) is 1.35. The number of amides is 1. The Kier molecular flexibility index (Phi) is 2.16. The standard InChI is InChI=1S/C9H9N3O2/c13-5-8(14)12-7-3-6-1-2-10-9(6)11-4-7/h1-4,13H,5H2,(H,10,11)(H,12,14). The smallest absolute Gasteiger partial charge is 0.250 e. The van der Waals surface area contributed by atoms with E-state index in [0.717, 1.165) is 11.0 Å². The summed E-state index contributed by atoms with van der Waals surface area (Å²) in [4.78, 5) is 17.9. The maximum Gasteiger partial charge on any atom is 0.250 e. The van der Waals surface area contributed by atoms with Crippen LogP contribution in [0.3, 0.4) is 0 Å². The van der Waals surface area contributed by atoms with Crippen molar-refractivity contribution in [1.82, 2.24) is 9.97 Å². The predicted octanol–water partition coefficient (Wildman–Crippen LogP) is 0.494. The van der Waals surface area contributed by atoms with Crippen LogP contribution in [-0.4, -0.2) is 27.6 Å². The third-order valence-electron chi connectivity index (χ3n) is 1.83. The molecule has 0 fully saturated rings. The molecule has 72 valence electrons. The number of carbonyl (C=O) groups excluding carboxylic acids is 1. The van der Waals surface area contributed by atoms with Crippen molar-refractivity contribution >= 4 is 22.6 Å². The van der Waals surface area contributed by atoms with Crippen LogP contribution in [0.1, 0.15) is 0 Å². The van der Waals surface area contributed by atoms with Crippen molar-refractivity contribution < 1.29 is 9.90 Å². The Labute approximate surface area is 79.8 Å². The van der Waals surface area contributed by atoms with Crippen molar-refractivity contribution in [2.24, 2.45) is 0 Å². The van der Waals surface area contributed by atoms with Crippen molar-refractivity contribution in [2.45, 2.75) is 0 Å². The van der Waals surface area contributed by atoms with Crippen molar-refractivity contribution in [3.8, 4) is 0 Å². The second-order valence-corrected chi connectivity index (χ2v) is 2.85. The quantitative estimate of drug-likeness (QED) is 0.646. The Bertz CT molecular complexity index is 464. The lowest BCUT2D eigenvalue weighted by Gasteiger charge is -2.01. The summed E-state index contributed by atoms with van der Waals surface area (Å²) >= 11 is 0. The zero-order valence-corrected chi connectivity index (χ0v) is 7.32. The van der Waals surface area contributed by atoms with E-state index in [0.29, 0.717) is 5.69 Å². The van der Waals surface area contributed by atoms with Gasteiger partial charge in [-0.25, -0.2) is 4.98 Å². The fourth-order valence-corrected chi connectivity index (χ4v) is 1.21. The van der Waals surface area contributed by atoms with Gasteiger partial charge >= 0.3 is 0 Å². The van der Waals surface area contributed by atoms with Gasteiger partial charge in [0.2, 0.25) is 5.91 Å². The Morgan fingerprint density at radius 2 is 2.50 bits per heavy atom. The Morgan fingerprint density at radius 3 is 3.29 bits per heavy atom. The van der Waals surface area contributed by atoms with E-state index in [4.69, 9.17) is 5.11 Å². The molecule has 0 saturated heterocycles. The first-order chi connectivity index (χ1) is 6.79. The SMILES string of the molecule is O=C(CO)Nc1cnc2[nH]ccc2c1. The number of hydrogen-bond donors (Lipinski definition) is 3. The molecule has 0 aliphatic heterocycles. The first kappa shape index (κ1) is 8.71. The number of aliphatic hydroxyl groups excluding tert-OH is 1. The number of aliphatic hydroxyl groups is 1. The van der Waals surface area contributed by atoms with Gasteiger partial charge in [-0.05, 0) is 12.1 Å². The van der Waals surface area contributed by atoms with E-state index < -0.39 is 12.5 Å². The molecule has 2 aromatic rings. The molecule has 0 saturated carbocycles. The summed E-state index contributed by atoms with van der Waals surface area (Å²) in [5.74, 6) is -0.443. The van der Waals surface area contributed by atoms with Crippen LogP contribution in [-0.2, 0) is 4.79 Å². The molecule has 5 heteroatoms. The van der Waals surface area contributed by atoms with Crippen LogP contribution in [0.5, 0.6) is 0 Å². The molecule has 2 aromatic heterocycles. The number of nitrogens with one attached hydrogen (secondary N) is 2. The van der Waals surface area contributed by atoms with Crippen LogP contribution in [0, 0.1) is 0 Å². The van der Waals surface area contributed by atoms with Gasteiger partial charge in [-0.15, -0.1) is 0 Å². The highest BCUT2D eigenvalue weighted by Crippen LogP contribution is 2.14. The molecular formula is C9H9N3O2. The summed E-state index contributed by atoms with van der Waals surface area (Å²) in [6.07, 6.45) is 3.31. The number of nitrogens with zero attached hydrogens (tertiary/aromatic N) is 1. The zero-order valence-electron chi connectivity index (χ0n) is 7.32. The fourth-order valence-electron chi connectivity index (χ4n) is 1.21. The fraction of sp³-hybridized carbons (Fsp3) is 0.111. The van der Waals surface area contributed by atoms with Crippen LogP contribution < -0.4 is 5.32 Å². The van der Waals surface area contributed by atoms with Crippen LogP contribution in [0.25, 0.3) is 11.0 Å². The number of hydrogen-bond acceptors (Lipinski definition) is 3. The first-order valence-corrected chi connectivity index (χ1v) is 4.13. The predicted molar refractivity (Wildman–Crippen MR) is 51.8 cm³/mol. The largest absolute Gasteiger partial charge is 0.387 e. The van der Waals surface area contributed by atoms with Crippen LogP contribution in [0.15, 0.2) is 24.5 Å². The molecular weight excluding hydrogens is 182 g/mol. The van der Waals surface area contributed by atoms with E-state index in [1.54, 1.807) is 12.3 Å². The number of pyridine rings is 1. The minimum absolute atomic E-state index is 0.443. The summed E-state index contributed by atoms with van der Waals surface area (Å²) in [6.45, 7) is -0.523. The third kappa shape index (κ3) is 1.57. The minimum atomic E-state index is -0.523. The average Bonchev–Trinajstić information content (AvgIpc) is 2.64. The van der Waals surface area contributed by atoms with E-state index in [2.05, 4.69) is 15.3 Å². The Morgan fingerprint density at radius 1 is 1.64 bits per heavy atom. The maximum absolute atomic E-state index is 10.9. The van der Waals surface area contributed by atoms with Gasteiger partial charge in [-0.2, -0.15) is 0 Å². The number of H-pyrrole nitrogens is 1. The highest BCUT2D eigenvalue weighted by atomic mass is 16.3. The summed E-state index contributed by atoms with van der Waals surface area (Å²) in [5, 5.41) is 12.0. The summed E-state index contributed by atoms with van der Waals surface area (Å²) in [7, 11) is 0. The van der Waals surface area contributed by atoms with E-state index in [1.807, 2.05) is 6.07 Å². The molecule has 0 radical (unpaired) electrons. The molecule has 2 rings (SSSR count). The normalized spacial score (nSPS) is 10.4. The van der Waals surface area contributed by atoms with Gasteiger partial charge < -0.3 is 15.4 Å². The molecule has 0 aromatic carbocycles. The van der Waals surface area contributed by atoms with Gasteiger partial charge in [0.05, 0.1) is 11.9 Å². The van der Waals surface area contributed by atoms with Crippen LogP contribution in [0.2, 0.25) is 0 Å². The third-order valence-corrected chi connectivity index (χ3v) is 1.83. The lowest BCUT2D eigenvalue weighted by molar-refractivity contribution is -0.118. The molecule has 0 bridgehead atoms. The highest BCUT2D eigenvalue weighted by molar-refractivity contribution is 5.93.